The number of hydrogen-bond acceptors (Lipinski definition) is 10. The monoisotopic (exact) mass is 479 g/mol. The number of rotatable bonds is 6. The van der Waals surface area contributed by atoms with Crippen molar-refractivity contribution in [3.63, 3.8) is 0 Å². The molecule has 0 N–H and O–H groups in total. The summed E-state index contributed by atoms with van der Waals surface area (Å²) >= 11 is 0. The van der Waals surface area contributed by atoms with Gasteiger partial charge in [0.05, 0.1) is 18.1 Å². The molecule has 176 valence electrons. The van der Waals surface area contributed by atoms with Gasteiger partial charge in [0, 0.05) is 13.1 Å². The van der Waals surface area contributed by atoms with E-state index in [1.54, 1.807) is 26.8 Å². The zero-order valence-corrected chi connectivity index (χ0v) is 18.3. The molecule has 0 bridgehead atoms. The van der Waals surface area contributed by atoms with Crippen molar-refractivity contribution in [1.29, 1.82) is 5.26 Å². The molecule has 0 unspecified atom stereocenters. The predicted octanol–water partition coefficient (Wildman–Crippen LogP) is 2.14. The number of carbonyl (C=O) groups excluding carboxylic acids is 2. The predicted molar refractivity (Wildman–Crippen MR) is 102 cm³/mol. The lowest BCUT2D eigenvalue weighted by Gasteiger charge is -2.40. The van der Waals surface area contributed by atoms with E-state index in [2.05, 4.69) is 13.9 Å². The molecule has 0 saturated carbocycles. The van der Waals surface area contributed by atoms with Crippen LogP contribution in [0.4, 0.5) is 19.0 Å². The van der Waals surface area contributed by atoms with E-state index < -0.39 is 50.5 Å². The lowest BCUT2D eigenvalue weighted by atomic mass is 9.99. The molecule has 10 nitrogen and oxygen atoms in total. The number of nitriles is 1. The first kappa shape index (κ1) is 25.2. The fraction of sp³-hybridized carbons (Fsp3) is 0.556. The van der Waals surface area contributed by atoms with Crippen molar-refractivity contribution in [2.24, 2.45) is 5.92 Å². The molecule has 2 heterocycles. The van der Waals surface area contributed by atoms with Crippen LogP contribution in [0.15, 0.2) is 6.07 Å². The molecule has 1 aliphatic heterocycles. The van der Waals surface area contributed by atoms with Gasteiger partial charge in [-0.25, -0.2) is 4.79 Å². The Labute approximate surface area is 182 Å². The lowest BCUT2D eigenvalue weighted by molar-refractivity contribution is -0.160. The molecule has 14 heteroatoms. The zero-order valence-electron chi connectivity index (χ0n) is 17.5. The van der Waals surface area contributed by atoms with E-state index in [9.17, 15) is 36.4 Å². The van der Waals surface area contributed by atoms with Crippen molar-refractivity contribution < 1.29 is 44.8 Å². The highest BCUT2D eigenvalue weighted by atomic mass is 32.2. The van der Waals surface area contributed by atoms with Crippen molar-refractivity contribution in [2.75, 3.05) is 24.6 Å². The summed E-state index contributed by atoms with van der Waals surface area (Å²) in [4.78, 5) is 29.3. The van der Waals surface area contributed by atoms with Crippen LogP contribution in [0.1, 0.15) is 43.6 Å². The molecule has 0 atom stereocenters. The van der Waals surface area contributed by atoms with E-state index in [1.165, 1.54) is 11.8 Å². The van der Waals surface area contributed by atoms with Crippen LogP contribution in [0.3, 0.4) is 0 Å². The summed E-state index contributed by atoms with van der Waals surface area (Å²) in [5, 5.41) is 9.40. The van der Waals surface area contributed by atoms with Gasteiger partial charge in [0.15, 0.2) is 5.82 Å². The van der Waals surface area contributed by atoms with Gasteiger partial charge >= 0.3 is 27.6 Å². The minimum Gasteiger partial charge on any atom is -0.462 e. The number of halogens is 3. The Morgan fingerprint density at radius 3 is 2.34 bits per heavy atom. The normalized spacial score (nSPS) is 14.9. The summed E-state index contributed by atoms with van der Waals surface area (Å²) in [5.74, 6) is -3.81. The van der Waals surface area contributed by atoms with E-state index >= 15 is 0 Å². The van der Waals surface area contributed by atoms with E-state index in [0.29, 0.717) is 0 Å². The van der Waals surface area contributed by atoms with Crippen LogP contribution in [-0.4, -0.2) is 56.1 Å². The van der Waals surface area contributed by atoms with Crippen LogP contribution in [0.25, 0.3) is 0 Å². The maximum Gasteiger partial charge on any atom is 0.534 e. The van der Waals surface area contributed by atoms with Crippen LogP contribution in [-0.2, 0) is 24.4 Å². The van der Waals surface area contributed by atoms with E-state index in [0.717, 1.165) is 6.07 Å². The van der Waals surface area contributed by atoms with Crippen LogP contribution >= 0.6 is 0 Å². The average molecular weight is 479 g/mol. The van der Waals surface area contributed by atoms with E-state index in [-0.39, 0.29) is 31.1 Å². The van der Waals surface area contributed by atoms with Crippen molar-refractivity contribution in [3.8, 4) is 11.9 Å². The molecule has 1 aliphatic rings. The highest BCUT2D eigenvalue weighted by Crippen LogP contribution is 2.34. The second-order valence-electron chi connectivity index (χ2n) is 7.66. The standard InChI is InChI=1S/C18H20F3N3O7S/c1-5-29-16(26)12-6-10(7-22)13(23-14(12)31-32(27,28)18(19,20)21)24-8-11(9-24)15(25)30-17(2,3)4/h6,11H,5,8-9H2,1-4H3. The molecular weight excluding hydrogens is 459 g/mol. The van der Waals surface area contributed by atoms with Gasteiger partial charge in [0.1, 0.15) is 17.2 Å². The van der Waals surface area contributed by atoms with Crippen LogP contribution < -0.4 is 9.08 Å². The van der Waals surface area contributed by atoms with Gasteiger partial charge in [0.2, 0.25) is 5.88 Å². The van der Waals surface area contributed by atoms with Gasteiger partial charge < -0.3 is 18.6 Å². The highest BCUT2D eigenvalue weighted by molar-refractivity contribution is 7.88. The maximum absolute atomic E-state index is 12.8. The van der Waals surface area contributed by atoms with Crippen molar-refractivity contribution >= 4 is 27.9 Å². The number of anilines is 1. The maximum atomic E-state index is 12.8. The second kappa shape index (κ2) is 8.81. The molecule has 2 rings (SSSR count). The van der Waals surface area contributed by atoms with Crippen molar-refractivity contribution in [1.82, 2.24) is 4.98 Å². The van der Waals surface area contributed by atoms with Gasteiger partial charge in [-0.2, -0.15) is 31.8 Å². The minimum atomic E-state index is -6.16. The van der Waals surface area contributed by atoms with Crippen LogP contribution in [0.2, 0.25) is 0 Å². The smallest absolute Gasteiger partial charge is 0.462 e. The Morgan fingerprint density at radius 2 is 1.88 bits per heavy atom. The zero-order chi connectivity index (χ0) is 24.5. The van der Waals surface area contributed by atoms with Gasteiger partial charge in [-0.3, -0.25) is 4.79 Å². The fourth-order valence-corrected chi connectivity index (χ4v) is 3.00. The quantitative estimate of drug-likeness (QED) is 0.339. The molecule has 0 aromatic carbocycles. The third kappa shape index (κ3) is 5.58. The Hall–Kier alpha value is -3.08. The summed E-state index contributed by atoms with van der Waals surface area (Å²) < 4.78 is 75.3. The topological polar surface area (TPSA) is 136 Å². The molecule has 0 radical (unpaired) electrons. The third-order valence-electron chi connectivity index (χ3n) is 3.98. The fourth-order valence-electron chi connectivity index (χ4n) is 2.57. The number of ether oxygens (including phenoxy) is 2. The van der Waals surface area contributed by atoms with Crippen LogP contribution in [0.5, 0.6) is 5.88 Å². The molecule has 32 heavy (non-hydrogen) atoms. The number of nitrogens with zero attached hydrogens (tertiary/aromatic N) is 3. The molecule has 0 spiro atoms. The summed E-state index contributed by atoms with van der Waals surface area (Å²) in [7, 11) is -6.16. The molecule has 0 amide bonds. The Balaban J connectivity index is 2.42. The van der Waals surface area contributed by atoms with E-state index in [1.807, 2.05) is 0 Å². The number of alkyl halides is 3. The molecular formula is C18H20F3N3O7S. The second-order valence-corrected chi connectivity index (χ2v) is 9.20. The Bertz CT molecular complexity index is 1050. The van der Waals surface area contributed by atoms with Gasteiger partial charge in [-0.05, 0) is 33.8 Å². The first-order valence-electron chi connectivity index (χ1n) is 9.20. The SMILES string of the molecule is CCOC(=O)c1cc(C#N)c(N2CC(C(=O)OC(C)(C)C)C2)nc1OS(=O)(=O)C(F)(F)F. The van der Waals surface area contributed by atoms with E-state index in [4.69, 9.17) is 4.74 Å². The van der Waals surface area contributed by atoms with Crippen LogP contribution in [0, 0.1) is 17.2 Å². The Kier molecular flexibility index (Phi) is 6.93. The van der Waals surface area contributed by atoms with Crippen molar-refractivity contribution in [2.45, 2.75) is 38.8 Å². The third-order valence-corrected chi connectivity index (χ3v) is 4.92. The molecule has 1 aromatic rings. The first-order chi connectivity index (χ1) is 14.6. The number of pyridine rings is 1. The molecule has 1 fully saturated rings. The molecule has 1 aromatic heterocycles. The highest BCUT2D eigenvalue weighted by Gasteiger charge is 2.49. The van der Waals surface area contributed by atoms with Gasteiger partial charge in [-0.1, -0.05) is 0 Å². The number of carbonyl (C=O) groups is 2. The number of esters is 2. The summed E-state index contributed by atoms with van der Waals surface area (Å²) in [6.07, 6.45) is 0. The number of hydrogen-bond donors (Lipinski definition) is 0. The summed E-state index contributed by atoms with van der Waals surface area (Å²) in [6, 6.07) is 2.55. The summed E-state index contributed by atoms with van der Waals surface area (Å²) in [5.41, 5.74) is -7.55. The first-order valence-corrected chi connectivity index (χ1v) is 10.6. The van der Waals surface area contributed by atoms with Gasteiger partial charge in [-0.15, -0.1) is 0 Å². The van der Waals surface area contributed by atoms with Crippen molar-refractivity contribution in [3.05, 3.63) is 17.2 Å². The number of aromatic nitrogens is 1. The largest absolute Gasteiger partial charge is 0.534 e. The lowest BCUT2D eigenvalue weighted by Crippen LogP contribution is -2.52. The molecule has 1 saturated heterocycles. The minimum absolute atomic E-state index is 0.000801. The van der Waals surface area contributed by atoms with Gasteiger partial charge in [0.25, 0.3) is 0 Å². The average Bonchev–Trinajstić information content (AvgIpc) is 2.57. The Morgan fingerprint density at radius 1 is 1.28 bits per heavy atom. The summed E-state index contributed by atoms with van der Waals surface area (Å²) in [6.45, 7) is 6.26. The molecule has 0 aliphatic carbocycles.